The number of H-pyrrole nitrogens is 2. The number of non-ortho nitro benzene ring substituents is 1. The number of aromatic amines is 2. The molecule has 9 nitrogen and oxygen atoms in total. The molecule has 7 rings (SSSR count). The molecule has 0 aliphatic rings. The summed E-state index contributed by atoms with van der Waals surface area (Å²) >= 11 is 3.57. The van der Waals surface area contributed by atoms with Crippen molar-refractivity contribution in [3.8, 4) is 33.9 Å². The third-order valence-corrected chi connectivity index (χ3v) is 7.36. The van der Waals surface area contributed by atoms with Gasteiger partial charge in [-0.2, -0.15) is 0 Å². The minimum atomic E-state index is -0.427. The maximum atomic E-state index is 13.7. The van der Waals surface area contributed by atoms with Crippen molar-refractivity contribution in [2.24, 2.45) is 0 Å². The first-order chi connectivity index (χ1) is 19.9. The van der Waals surface area contributed by atoms with E-state index in [-0.39, 0.29) is 11.5 Å². The van der Waals surface area contributed by atoms with Gasteiger partial charge in [0.15, 0.2) is 0 Å². The van der Waals surface area contributed by atoms with E-state index in [1.54, 1.807) is 30.5 Å². The molecule has 0 spiro atoms. The van der Waals surface area contributed by atoms with E-state index in [4.69, 9.17) is 4.98 Å². The Hall–Kier alpha value is -5.29. The Kier molecular flexibility index (Phi) is 5.86. The maximum absolute atomic E-state index is 13.7. The van der Waals surface area contributed by atoms with Crippen LogP contribution in [0, 0.1) is 15.9 Å². The topological polar surface area (TPSA) is 117 Å². The highest BCUT2D eigenvalue weighted by atomic mass is 79.9. The Morgan fingerprint density at radius 1 is 0.976 bits per heavy atom. The lowest BCUT2D eigenvalue weighted by atomic mass is 10.1. The third kappa shape index (κ3) is 4.51. The van der Waals surface area contributed by atoms with Gasteiger partial charge in [-0.1, -0.05) is 15.9 Å². The van der Waals surface area contributed by atoms with Gasteiger partial charge in [0.1, 0.15) is 28.8 Å². The van der Waals surface area contributed by atoms with Crippen LogP contribution < -0.4 is 5.32 Å². The molecule has 0 bridgehead atoms. The average Bonchev–Trinajstić information content (AvgIpc) is 3.71. The second-order valence-electron chi connectivity index (χ2n) is 9.43. The van der Waals surface area contributed by atoms with Crippen molar-refractivity contribution in [1.29, 1.82) is 0 Å². The normalized spacial score (nSPS) is 11.4. The molecule has 41 heavy (non-hydrogen) atoms. The molecular weight excluding hydrogens is 589 g/mol. The number of nitro benzene ring substituents is 1. The van der Waals surface area contributed by atoms with Gasteiger partial charge in [0.05, 0.1) is 16.8 Å². The molecule has 0 aliphatic carbocycles. The Morgan fingerprint density at radius 2 is 1.76 bits per heavy atom. The van der Waals surface area contributed by atoms with Gasteiger partial charge in [0.2, 0.25) is 0 Å². The van der Waals surface area contributed by atoms with Gasteiger partial charge in [-0.15, -0.1) is 0 Å². The number of fused-ring (bicyclic) bond motifs is 2. The van der Waals surface area contributed by atoms with Crippen LogP contribution in [0.2, 0.25) is 0 Å². The monoisotopic (exact) mass is 607 g/mol. The lowest BCUT2D eigenvalue weighted by Crippen LogP contribution is -1.98. The van der Waals surface area contributed by atoms with Crippen LogP contribution in [0.5, 0.6) is 0 Å². The van der Waals surface area contributed by atoms with Gasteiger partial charge in [0, 0.05) is 62.3 Å². The minimum Gasteiger partial charge on any atom is -0.360 e. The molecule has 0 atom stereocenters. The van der Waals surface area contributed by atoms with Crippen LogP contribution in [0.15, 0.2) is 102 Å². The fourth-order valence-electron chi connectivity index (χ4n) is 4.83. The zero-order chi connectivity index (χ0) is 28.1. The van der Waals surface area contributed by atoms with E-state index in [1.807, 2.05) is 47.1 Å². The van der Waals surface area contributed by atoms with Crippen molar-refractivity contribution in [3.05, 3.63) is 118 Å². The molecule has 200 valence electrons. The first-order valence-corrected chi connectivity index (χ1v) is 13.3. The van der Waals surface area contributed by atoms with Gasteiger partial charge in [-0.25, -0.2) is 14.4 Å². The SMILES string of the molecule is O=[N+]([O-])c1ccc(-c2cnc(-c3ccc4nc(-c5c[nH]c6ccc(Br)cc56)c(Nc5ccc(F)cc5)n4c3)[nH]2)cc1. The van der Waals surface area contributed by atoms with Gasteiger partial charge in [0.25, 0.3) is 5.69 Å². The van der Waals surface area contributed by atoms with Crippen molar-refractivity contribution in [1.82, 2.24) is 24.3 Å². The molecule has 7 aromatic rings. The van der Waals surface area contributed by atoms with Crippen molar-refractivity contribution in [2.45, 2.75) is 0 Å². The molecule has 3 N–H and O–H groups in total. The smallest absolute Gasteiger partial charge is 0.269 e. The van der Waals surface area contributed by atoms with E-state index in [9.17, 15) is 14.5 Å². The van der Waals surface area contributed by atoms with E-state index in [0.29, 0.717) is 23.0 Å². The first kappa shape index (κ1) is 24.7. The number of nitrogens with zero attached hydrogens (tertiary/aromatic N) is 4. The Balaban J connectivity index is 1.34. The number of nitro groups is 1. The number of pyridine rings is 1. The Labute approximate surface area is 240 Å². The largest absolute Gasteiger partial charge is 0.360 e. The van der Waals surface area contributed by atoms with Gasteiger partial charge in [-0.3, -0.25) is 14.5 Å². The summed E-state index contributed by atoms with van der Waals surface area (Å²) in [5.74, 6) is 1.01. The maximum Gasteiger partial charge on any atom is 0.269 e. The van der Waals surface area contributed by atoms with E-state index in [2.05, 4.69) is 36.2 Å². The fourth-order valence-corrected chi connectivity index (χ4v) is 5.19. The summed E-state index contributed by atoms with van der Waals surface area (Å²) in [6.45, 7) is 0. The van der Waals surface area contributed by atoms with Crippen molar-refractivity contribution in [2.75, 3.05) is 5.32 Å². The quantitative estimate of drug-likeness (QED) is 0.130. The molecule has 4 aromatic heterocycles. The number of anilines is 2. The van der Waals surface area contributed by atoms with Gasteiger partial charge < -0.3 is 15.3 Å². The van der Waals surface area contributed by atoms with Crippen LogP contribution in [0.4, 0.5) is 21.6 Å². The van der Waals surface area contributed by atoms with Crippen LogP contribution in [0.25, 0.3) is 50.5 Å². The van der Waals surface area contributed by atoms with Gasteiger partial charge in [-0.05, 0) is 66.7 Å². The molecule has 11 heteroatoms. The molecular formula is C30H19BrFN7O2. The number of halogens is 2. The predicted octanol–water partition coefficient (Wildman–Crippen LogP) is 8.09. The lowest BCUT2D eigenvalue weighted by molar-refractivity contribution is -0.384. The molecule has 0 saturated heterocycles. The Bertz CT molecular complexity index is 2080. The Morgan fingerprint density at radius 3 is 2.54 bits per heavy atom. The van der Waals surface area contributed by atoms with Crippen LogP contribution in [-0.4, -0.2) is 29.3 Å². The number of aromatic nitrogens is 5. The van der Waals surface area contributed by atoms with Crippen molar-refractivity contribution < 1.29 is 9.31 Å². The molecule has 0 amide bonds. The molecule has 4 heterocycles. The number of hydrogen-bond acceptors (Lipinski definition) is 5. The zero-order valence-electron chi connectivity index (χ0n) is 21.1. The highest BCUT2D eigenvalue weighted by molar-refractivity contribution is 9.10. The summed E-state index contributed by atoms with van der Waals surface area (Å²) in [5, 5.41) is 15.5. The van der Waals surface area contributed by atoms with E-state index in [0.717, 1.165) is 43.5 Å². The number of benzene rings is 3. The van der Waals surface area contributed by atoms with E-state index < -0.39 is 4.92 Å². The minimum absolute atomic E-state index is 0.0265. The first-order valence-electron chi connectivity index (χ1n) is 12.5. The summed E-state index contributed by atoms with van der Waals surface area (Å²) in [7, 11) is 0. The molecule has 0 saturated carbocycles. The average molecular weight is 608 g/mol. The lowest BCUT2D eigenvalue weighted by Gasteiger charge is -2.09. The van der Waals surface area contributed by atoms with E-state index >= 15 is 0 Å². The number of nitrogens with one attached hydrogen (secondary N) is 3. The van der Waals surface area contributed by atoms with Crippen LogP contribution in [0.1, 0.15) is 0 Å². The third-order valence-electron chi connectivity index (χ3n) is 6.86. The van der Waals surface area contributed by atoms with Crippen molar-refractivity contribution in [3.63, 3.8) is 0 Å². The molecule has 0 unspecified atom stereocenters. The second-order valence-corrected chi connectivity index (χ2v) is 10.3. The molecule has 0 fully saturated rings. The van der Waals surface area contributed by atoms with Crippen LogP contribution >= 0.6 is 15.9 Å². The summed E-state index contributed by atoms with van der Waals surface area (Å²) in [6.07, 6.45) is 5.56. The number of imidazole rings is 2. The summed E-state index contributed by atoms with van der Waals surface area (Å²) in [4.78, 5) is 26.7. The second kappa shape index (κ2) is 9.72. The highest BCUT2D eigenvalue weighted by Crippen LogP contribution is 2.37. The van der Waals surface area contributed by atoms with Gasteiger partial charge >= 0.3 is 0 Å². The van der Waals surface area contributed by atoms with Crippen LogP contribution in [-0.2, 0) is 0 Å². The standard InChI is InChI=1S/C30H19BrFN7O2/c31-19-4-11-25-23(13-19)24(14-33-25)28-30(35-21-7-5-20(32)6-8-21)38-16-18(3-12-27(38)37-28)29-34-15-26(36-29)17-1-9-22(10-2-17)39(40)41/h1-16,33,35H,(H,34,36). The highest BCUT2D eigenvalue weighted by Gasteiger charge is 2.19. The zero-order valence-corrected chi connectivity index (χ0v) is 22.7. The summed E-state index contributed by atoms with van der Waals surface area (Å²) in [6, 6.07) is 22.3. The molecule has 3 aromatic carbocycles. The number of rotatable bonds is 6. The molecule has 0 aliphatic heterocycles. The predicted molar refractivity (Wildman–Crippen MR) is 160 cm³/mol. The fraction of sp³-hybridized carbons (Fsp3) is 0. The van der Waals surface area contributed by atoms with Crippen molar-refractivity contribution >= 4 is 49.7 Å². The summed E-state index contributed by atoms with van der Waals surface area (Å²) in [5.41, 5.74) is 6.37. The number of hydrogen-bond donors (Lipinski definition) is 3. The van der Waals surface area contributed by atoms with E-state index in [1.165, 1.54) is 24.3 Å². The summed E-state index contributed by atoms with van der Waals surface area (Å²) < 4.78 is 16.6. The van der Waals surface area contributed by atoms with Crippen LogP contribution in [0.3, 0.4) is 0 Å². The molecule has 0 radical (unpaired) electrons.